The van der Waals surface area contributed by atoms with Crippen molar-refractivity contribution in [2.45, 2.75) is 32.2 Å². The maximum atomic E-state index is 12.3. The summed E-state index contributed by atoms with van der Waals surface area (Å²) in [6.45, 7) is 2.03. The smallest absolute Gasteiger partial charge is 0.254 e. The Labute approximate surface area is 148 Å². The molecular weight excluding hydrogens is 342 g/mol. The van der Waals surface area contributed by atoms with Gasteiger partial charge in [-0.1, -0.05) is 30.4 Å². The van der Waals surface area contributed by atoms with Crippen molar-refractivity contribution < 1.29 is 14.4 Å². The molecule has 1 aliphatic heterocycles. The van der Waals surface area contributed by atoms with Gasteiger partial charge in [0.05, 0.1) is 17.7 Å². The molecule has 3 N–H and O–H groups in total. The van der Waals surface area contributed by atoms with E-state index >= 15 is 0 Å². The van der Waals surface area contributed by atoms with Crippen molar-refractivity contribution in [3.05, 3.63) is 34.8 Å². The molecule has 0 fully saturated rings. The third-order valence-corrected chi connectivity index (χ3v) is 4.52. The highest BCUT2D eigenvalue weighted by molar-refractivity contribution is 7.15. The van der Waals surface area contributed by atoms with E-state index in [1.807, 2.05) is 6.92 Å². The lowest BCUT2D eigenvalue weighted by Crippen LogP contribution is -2.43. The summed E-state index contributed by atoms with van der Waals surface area (Å²) in [5, 5.41) is 17.0. The van der Waals surface area contributed by atoms with E-state index in [0.717, 1.165) is 17.8 Å². The van der Waals surface area contributed by atoms with Crippen molar-refractivity contribution in [2.75, 3.05) is 10.6 Å². The van der Waals surface area contributed by atoms with Crippen molar-refractivity contribution in [2.24, 2.45) is 0 Å². The highest BCUT2D eigenvalue weighted by atomic mass is 32.1. The molecule has 1 aromatic heterocycles. The van der Waals surface area contributed by atoms with Gasteiger partial charge in [0.15, 0.2) is 0 Å². The quantitative estimate of drug-likeness (QED) is 0.750. The minimum absolute atomic E-state index is 0.186. The van der Waals surface area contributed by atoms with Crippen LogP contribution in [0.5, 0.6) is 0 Å². The highest BCUT2D eigenvalue weighted by Crippen LogP contribution is 2.20. The molecule has 0 saturated carbocycles. The largest absolute Gasteiger partial charge is 0.340 e. The van der Waals surface area contributed by atoms with E-state index in [9.17, 15) is 14.4 Å². The fourth-order valence-corrected chi connectivity index (χ4v) is 3.29. The second-order valence-electron chi connectivity index (χ2n) is 5.56. The lowest BCUT2D eigenvalue weighted by Gasteiger charge is -2.13. The van der Waals surface area contributed by atoms with E-state index in [4.69, 9.17) is 0 Å². The average molecular weight is 359 g/mol. The Morgan fingerprint density at radius 2 is 2.08 bits per heavy atom. The lowest BCUT2D eigenvalue weighted by atomic mass is 10.1. The Bertz CT molecular complexity index is 820. The van der Waals surface area contributed by atoms with Crippen LogP contribution in [0.4, 0.5) is 10.8 Å². The number of amides is 3. The van der Waals surface area contributed by atoms with E-state index < -0.39 is 23.8 Å². The average Bonchev–Trinajstić information content (AvgIpc) is 2.97. The zero-order valence-corrected chi connectivity index (χ0v) is 14.4. The van der Waals surface area contributed by atoms with Gasteiger partial charge in [-0.2, -0.15) is 0 Å². The molecule has 25 heavy (non-hydrogen) atoms. The molecule has 0 unspecified atom stereocenters. The number of hydrogen-bond donors (Lipinski definition) is 3. The van der Waals surface area contributed by atoms with Crippen molar-refractivity contribution >= 4 is 39.9 Å². The number of nitrogens with one attached hydrogen (secondary N) is 3. The van der Waals surface area contributed by atoms with Crippen LogP contribution in [-0.4, -0.2) is 34.0 Å². The van der Waals surface area contributed by atoms with Crippen molar-refractivity contribution in [1.29, 1.82) is 0 Å². The number of benzene rings is 1. The molecule has 8 nitrogen and oxygen atoms in total. The maximum Gasteiger partial charge on any atom is 0.254 e. The summed E-state index contributed by atoms with van der Waals surface area (Å²) in [5.41, 5.74) is 0.799. The van der Waals surface area contributed by atoms with Gasteiger partial charge in [0.1, 0.15) is 11.0 Å². The Morgan fingerprint density at radius 3 is 2.88 bits per heavy atom. The van der Waals surface area contributed by atoms with E-state index in [1.54, 1.807) is 24.3 Å². The summed E-state index contributed by atoms with van der Waals surface area (Å²) in [7, 11) is 0. The fourth-order valence-electron chi connectivity index (χ4n) is 2.43. The summed E-state index contributed by atoms with van der Waals surface area (Å²) in [5.74, 6) is -1.24. The molecule has 0 spiro atoms. The zero-order chi connectivity index (χ0) is 17.8. The molecule has 0 radical (unpaired) electrons. The van der Waals surface area contributed by atoms with Crippen LogP contribution in [0.3, 0.4) is 0 Å². The maximum absolute atomic E-state index is 12.3. The first kappa shape index (κ1) is 17.0. The second-order valence-corrected chi connectivity index (χ2v) is 6.63. The van der Waals surface area contributed by atoms with E-state index in [1.165, 1.54) is 11.3 Å². The topological polar surface area (TPSA) is 113 Å². The molecule has 2 aromatic rings. The third-order valence-electron chi connectivity index (χ3n) is 3.62. The Kier molecular flexibility index (Phi) is 5.03. The van der Waals surface area contributed by atoms with Gasteiger partial charge in [-0.05, 0) is 18.6 Å². The number of anilines is 2. The van der Waals surface area contributed by atoms with Crippen LogP contribution >= 0.6 is 11.3 Å². The number of hydrogen-bond acceptors (Lipinski definition) is 6. The van der Waals surface area contributed by atoms with E-state index in [2.05, 4.69) is 26.1 Å². The molecule has 0 saturated heterocycles. The minimum atomic E-state index is -0.956. The van der Waals surface area contributed by atoms with Crippen LogP contribution in [0.1, 0.15) is 35.1 Å². The summed E-state index contributed by atoms with van der Waals surface area (Å²) in [4.78, 5) is 36.7. The number of carbonyl (C=O) groups excluding carboxylic acids is 3. The minimum Gasteiger partial charge on any atom is -0.340 e. The van der Waals surface area contributed by atoms with Crippen molar-refractivity contribution in [3.8, 4) is 0 Å². The second kappa shape index (κ2) is 7.39. The first-order valence-corrected chi connectivity index (χ1v) is 8.71. The molecule has 130 valence electrons. The molecule has 0 bridgehead atoms. The summed E-state index contributed by atoms with van der Waals surface area (Å²) < 4.78 is 0. The number of nitrogens with zero attached hydrogens (tertiary/aromatic N) is 2. The normalized spacial score (nSPS) is 16.4. The molecule has 9 heteroatoms. The first-order chi connectivity index (χ1) is 12.1. The molecule has 3 amide bonds. The zero-order valence-electron chi connectivity index (χ0n) is 13.5. The van der Waals surface area contributed by atoms with Gasteiger partial charge in [-0.15, -0.1) is 10.2 Å². The SMILES string of the molecule is CCCc1nnc(NC(=O)C[C@H]2NC(=O)c3ccccc3NC2=O)s1. The van der Waals surface area contributed by atoms with Crippen molar-refractivity contribution in [1.82, 2.24) is 15.5 Å². The van der Waals surface area contributed by atoms with Crippen LogP contribution < -0.4 is 16.0 Å². The van der Waals surface area contributed by atoms with E-state index in [0.29, 0.717) is 16.4 Å². The number of para-hydroxylation sites is 1. The van der Waals surface area contributed by atoms with Gasteiger partial charge >= 0.3 is 0 Å². The number of carbonyl (C=O) groups is 3. The van der Waals surface area contributed by atoms with Gasteiger partial charge in [-0.25, -0.2) is 0 Å². The molecule has 2 heterocycles. The number of rotatable bonds is 5. The van der Waals surface area contributed by atoms with E-state index in [-0.39, 0.29) is 6.42 Å². The molecule has 1 aromatic carbocycles. The molecule has 3 rings (SSSR count). The third kappa shape index (κ3) is 4.00. The van der Waals surface area contributed by atoms with Crippen LogP contribution in [0.25, 0.3) is 0 Å². The highest BCUT2D eigenvalue weighted by Gasteiger charge is 2.29. The van der Waals surface area contributed by atoms with Gasteiger partial charge in [0.25, 0.3) is 5.91 Å². The summed E-state index contributed by atoms with van der Waals surface area (Å²) in [6.07, 6.45) is 1.55. The standard InChI is InChI=1S/C16H17N5O3S/c1-2-5-13-20-21-16(25-13)19-12(22)8-11-15(24)17-10-7-4-3-6-9(10)14(23)18-11/h3-4,6-7,11H,2,5,8H2,1H3,(H,17,24)(H,18,23)(H,19,21,22)/t11-/m1/s1. The summed E-state index contributed by atoms with van der Waals surface area (Å²) in [6, 6.07) is 5.74. The predicted molar refractivity (Wildman–Crippen MR) is 93.5 cm³/mol. The predicted octanol–water partition coefficient (Wildman–Crippen LogP) is 1.57. The molecule has 1 atom stereocenters. The van der Waals surface area contributed by atoms with Crippen LogP contribution in [0.15, 0.2) is 24.3 Å². The van der Waals surface area contributed by atoms with Crippen LogP contribution in [0.2, 0.25) is 0 Å². The molecular formula is C16H17N5O3S. The number of aromatic nitrogens is 2. The van der Waals surface area contributed by atoms with Crippen molar-refractivity contribution in [3.63, 3.8) is 0 Å². The van der Waals surface area contributed by atoms with Gasteiger partial charge in [0.2, 0.25) is 16.9 Å². The Hall–Kier alpha value is -2.81. The Morgan fingerprint density at radius 1 is 1.28 bits per heavy atom. The monoisotopic (exact) mass is 359 g/mol. The van der Waals surface area contributed by atoms with Gasteiger partial charge in [0, 0.05) is 6.42 Å². The number of fused-ring (bicyclic) bond motifs is 1. The van der Waals surface area contributed by atoms with Crippen LogP contribution in [0, 0.1) is 0 Å². The van der Waals surface area contributed by atoms with Crippen LogP contribution in [-0.2, 0) is 16.0 Å². The lowest BCUT2D eigenvalue weighted by molar-refractivity contribution is -0.122. The van der Waals surface area contributed by atoms with Gasteiger partial charge in [-0.3, -0.25) is 14.4 Å². The van der Waals surface area contributed by atoms with Gasteiger partial charge < -0.3 is 16.0 Å². The first-order valence-electron chi connectivity index (χ1n) is 7.89. The molecule has 1 aliphatic rings. The molecule has 0 aliphatic carbocycles. The Balaban J connectivity index is 1.65. The fraction of sp³-hybridized carbons (Fsp3) is 0.312. The number of aryl methyl sites for hydroxylation is 1. The summed E-state index contributed by atoms with van der Waals surface area (Å²) >= 11 is 1.30.